The Labute approximate surface area is 140 Å². The molecule has 1 atom stereocenters. The van der Waals surface area contributed by atoms with Crippen LogP contribution in [0.15, 0.2) is 0 Å². The van der Waals surface area contributed by atoms with Gasteiger partial charge in [-0.3, -0.25) is 4.79 Å². The molecular weight excluding hydrogens is 294 g/mol. The Kier molecular flexibility index (Phi) is 6.45. The second-order valence-electron chi connectivity index (χ2n) is 8.26. The number of hydrogen-bond donors (Lipinski definition) is 2. The van der Waals surface area contributed by atoms with Crippen LogP contribution in [0.1, 0.15) is 61.3 Å². The van der Waals surface area contributed by atoms with Gasteiger partial charge in [0.1, 0.15) is 5.60 Å². The molecule has 2 amide bonds. The van der Waals surface area contributed by atoms with E-state index in [4.69, 9.17) is 4.74 Å². The van der Waals surface area contributed by atoms with Gasteiger partial charge in [0, 0.05) is 24.7 Å². The third-order valence-electron chi connectivity index (χ3n) is 3.53. The van der Waals surface area contributed by atoms with Crippen LogP contribution in [0.4, 0.5) is 4.79 Å². The van der Waals surface area contributed by atoms with Crippen LogP contribution >= 0.6 is 0 Å². The molecule has 0 aromatic carbocycles. The van der Waals surface area contributed by atoms with Crippen LogP contribution in [-0.4, -0.2) is 53.2 Å². The quantitative estimate of drug-likeness (QED) is 0.785. The number of rotatable bonds is 6. The molecule has 6 nitrogen and oxygen atoms in total. The van der Waals surface area contributed by atoms with E-state index in [9.17, 15) is 9.59 Å². The fraction of sp³-hybridized carbons (Fsp3) is 0.882. The fourth-order valence-corrected chi connectivity index (χ4v) is 2.06. The molecule has 0 aliphatic heterocycles. The summed E-state index contributed by atoms with van der Waals surface area (Å²) >= 11 is 0. The zero-order valence-electron chi connectivity index (χ0n) is 15.7. The molecule has 134 valence electrons. The van der Waals surface area contributed by atoms with Gasteiger partial charge in [0.05, 0.1) is 6.04 Å². The molecule has 1 aliphatic rings. The second kappa shape index (κ2) is 7.51. The van der Waals surface area contributed by atoms with E-state index in [1.165, 1.54) is 0 Å². The largest absolute Gasteiger partial charge is 0.444 e. The summed E-state index contributed by atoms with van der Waals surface area (Å²) in [5, 5.41) is 6.14. The summed E-state index contributed by atoms with van der Waals surface area (Å²) < 4.78 is 5.47. The molecule has 1 rings (SSSR count). The molecule has 0 bridgehead atoms. The Hall–Kier alpha value is -1.30. The van der Waals surface area contributed by atoms with Crippen LogP contribution in [0.3, 0.4) is 0 Å². The lowest BCUT2D eigenvalue weighted by atomic mass is 10.1. The number of carbonyl (C=O) groups excluding carboxylic acids is 2. The number of ether oxygens (including phenoxy) is 1. The van der Waals surface area contributed by atoms with E-state index in [-0.39, 0.29) is 23.6 Å². The lowest BCUT2D eigenvalue weighted by molar-refractivity contribution is -0.122. The number of amides is 2. The van der Waals surface area contributed by atoms with Gasteiger partial charge in [-0.15, -0.1) is 0 Å². The first-order valence-electron chi connectivity index (χ1n) is 8.44. The molecule has 0 saturated heterocycles. The summed E-state index contributed by atoms with van der Waals surface area (Å²) in [4.78, 5) is 26.0. The molecule has 0 spiro atoms. The van der Waals surface area contributed by atoms with E-state index in [0.29, 0.717) is 19.1 Å². The van der Waals surface area contributed by atoms with E-state index in [0.717, 1.165) is 12.8 Å². The molecule has 0 heterocycles. The molecule has 0 radical (unpaired) electrons. The molecule has 1 unspecified atom stereocenters. The van der Waals surface area contributed by atoms with Gasteiger partial charge in [0.25, 0.3) is 0 Å². The van der Waals surface area contributed by atoms with Gasteiger partial charge in [-0.1, -0.05) is 0 Å². The number of carbonyl (C=O) groups is 2. The predicted octanol–water partition coefficient (Wildman–Crippen LogP) is 2.28. The predicted molar refractivity (Wildman–Crippen MR) is 91.3 cm³/mol. The first-order valence-corrected chi connectivity index (χ1v) is 8.44. The Bertz CT molecular complexity index is 420. The highest BCUT2D eigenvalue weighted by Gasteiger charge is 2.30. The summed E-state index contributed by atoms with van der Waals surface area (Å²) in [6.07, 6.45) is 1.82. The van der Waals surface area contributed by atoms with Crippen molar-refractivity contribution in [3.8, 4) is 0 Å². The van der Waals surface area contributed by atoms with Crippen LogP contribution in [-0.2, 0) is 9.53 Å². The van der Waals surface area contributed by atoms with Gasteiger partial charge >= 0.3 is 6.09 Å². The van der Waals surface area contributed by atoms with Gasteiger partial charge in [0.2, 0.25) is 5.91 Å². The van der Waals surface area contributed by atoms with Gasteiger partial charge in [-0.05, 0) is 61.3 Å². The van der Waals surface area contributed by atoms with E-state index in [1.54, 1.807) is 4.90 Å². The molecule has 2 N–H and O–H groups in total. The number of nitrogens with one attached hydrogen (secondary N) is 2. The number of nitrogens with zero attached hydrogens (tertiary/aromatic N) is 1. The fourth-order valence-electron chi connectivity index (χ4n) is 2.06. The van der Waals surface area contributed by atoms with Crippen molar-refractivity contribution < 1.29 is 14.3 Å². The maximum Gasteiger partial charge on any atom is 0.410 e. The molecule has 0 aromatic heterocycles. The Morgan fingerprint density at radius 2 is 1.74 bits per heavy atom. The molecule has 1 fully saturated rings. The molecular formula is C17H33N3O3. The summed E-state index contributed by atoms with van der Waals surface area (Å²) in [5.41, 5.74) is -0.866. The van der Waals surface area contributed by atoms with Gasteiger partial charge in [-0.2, -0.15) is 0 Å². The average molecular weight is 327 g/mol. The van der Waals surface area contributed by atoms with Crippen molar-refractivity contribution in [3.63, 3.8) is 0 Å². The SMILES string of the molecule is CC(NCCN(C(=O)OC(C)(C)C)C(C)(C)C)C(=O)NC1CC1. The van der Waals surface area contributed by atoms with Gasteiger partial charge in [0.15, 0.2) is 0 Å². The standard InChI is InChI=1S/C17H33N3O3/c1-12(14(21)19-13-8-9-13)18-10-11-20(16(2,3)4)15(22)23-17(5,6)7/h12-13,18H,8-11H2,1-7H3,(H,19,21). The van der Waals surface area contributed by atoms with E-state index in [1.807, 2.05) is 48.5 Å². The maximum absolute atomic E-state index is 12.4. The second-order valence-corrected chi connectivity index (χ2v) is 8.26. The zero-order chi connectivity index (χ0) is 17.8. The number of hydrogen-bond acceptors (Lipinski definition) is 4. The zero-order valence-corrected chi connectivity index (χ0v) is 15.7. The van der Waals surface area contributed by atoms with Crippen molar-refractivity contribution in [1.82, 2.24) is 15.5 Å². The highest BCUT2D eigenvalue weighted by atomic mass is 16.6. The highest BCUT2D eigenvalue weighted by molar-refractivity contribution is 5.81. The van der Waals surface area contributed by atoms with Gasteiger partial charge < -0.3 is 20.3 Å². The van der Waals surface area contributed by atoms with Crippen LogP contribution in [0.5, 0.6) is 0 Å². The Balaban J connectivity index is 2.47. The molecule has 6 heteroatoms. The van der Waals surface area contributed by atoms with Crippen molar-refractivity contribution in [2.24, 2.45) is 0 Å². The molecule has 1 saturated carbocycles. The normalized spacial score (nSPS) is 16.7. The molecule has 0 aromatic rings. The third kappa shape index (κ3) is 7.68. The summed E-state index contributed by atoms with van der Waals surface area (Å²) in [6, 6.07) is 0.0932. The van der Waals surface area contributed by atoms with Crippen molar-refractivity contribution in [2.45, 2.75) is 84.5 Å². The molecule has 1 aliphatic carbocycles. The smallest absolute Gasteiger partial charge is 0.410 e. The van der Waals surface area contributed by atoms with Crippen molar-refractivity contribution in [3.05, 3.63) is 0 Å². The summed E-state index contributed by atoms with van der Waals surface area (Å²) in [7, 11) is 0. The first kappa shape index (κ1) is 19.7. The Morgan fingerprint density at radius 3 is 2.17 bits per heavy atom. The van der Waals surface area contributed by atoms with Crippen LogP contribution < -0.4 is 10.6 Å². The topological polar surface area (TPSA) is 70.7 Å². The monoisotopic (exact) mass is 327 g/mol. The lowest BCUT2D eigenvalue weighted by Crippen LogP contribution is -2.52. The molecule has 23 heavy (non-hydrogen) atoms. The minimum Gasteiger partial charge on any atom is -0.444 e. The van der Waals surface area contributed by atoms with Crippen LogP contribution in [0, 0.1) is 0 Å². The van der Waals surface area contributed by atoms with Crippen molar-refractivity contribution in [2.75, 3.05) is 13.1 Å². The minimum absolute atomic E-state index is 0.0204. The van der Waals surface area contributed by atoms with E-state index >= 15 is 0 Å². The third-order valence-corrected chi connectivity index (χ3v) is 3.53. The maximum atomic E-state index is 12.4. The Morgan fingerprint density at radius 1 is 1.17 bits per heavy atom. The summed E-state index contributed by atoms with van der Waals surface area (Å²) in [6.45, 7) is 14.3. The van der Waals surface area contributed by atoms with E-state index < -0.39 is 5.60 Å². The van der Waals surface area contributed by atoms with Crippen molar-refractivity contribution in [1.29, 1.82) is 0 Å². The van der Waals surface area contributed by atoms with Crippen LogP contribution in [0.2, 0.25) is 0 Å². The van der Waals surface area contributed by atoms with E-state index in [2.05, 4.69) is 10.6 Å². The van der Waals surface area contributed by atoms with Crippen LogP contribution in [0.25, 0.3) is 0 Å². The minimum atomic E-state index is -0.522. The highest BCUT2D eigenvalue weighted by Crippen LogP contribution is 2.19. The lowest BCUT2D eigenvalue weighted by Gasteiger charge is -2.37. The van der Waals surface area contributed by atoms with Gasteiger partial charge in [-0.25, -0.2) is 4.79 Å². The first-order chi connectivity index (χ1) is 10.4. The summed E-state index contributed by atoms with van der Waals surface area (Å²) in [5.74, 6) is 0.0204. The average Bonchev–Trinajstić information content (AvgIpc) is 3.13. The van der Waals surface area contributed by atoms with Crippen molar-refractivity contribution >= 4 is 12.0 Å².